The number of benzene rings is 2. The second-order valence-electron chi connectivity index (χ2n) is 7.71. The minimum Gasteiger partial charge on any atom is -0.490 e. The molecular weight excluding hydrogens is 346 g/mol. The maximum Gasteiger partial charge on any atom is 0.120 e. The molecule has 1 fully saturated rings. The average molecular weight is 376 g/mol. The summed E-state index contributed by atoms with van der Waals surface area (Å²) in [6, 6.07) is 19.0. The summed E-state index contributed by atoms with van der Waals surface area (Å²) in [7, 11) is 0. The molecule has 0 saturated heterocycles. The fraction of sp³-hybridized carbons (Fsp3) is 0.375. The van der Waals surface area contributed by atoms with Crippen molar-refractivity contribution in [2.24, 2.45) is 0 Å². The van der Waals surface area contributed by atoms with Crippen LogP contribution in [0.2, 0.25) is 0 Å². The maximum atomic E-state index is 6.14. The lowest BCUT2D eigenvalue weighted by atomic mass is 10.1. The Hall–Kier alpha value is -2.59. The first-order valence-corrected chi connectivity index (χ1v) is 10.3. The molecule has 0 spiro atoms. The lowest BCUT2D eigenvalue weighted by Gasteiger charge is -2.16. The highest BCUT2D eigenvalue weighted by Crippen LogP contribution is 2.25. The van der Waals surface area contributed by atoms with Gasteiger partial charge in [-0.1, -0.05) is 30.3 Å². The van der Waals surface area contributed by atoms with Gasteiger partial charge in [0.1, 0.15) is 5.75 Å². The van der Waals surface area contributed by atoms with E-state index in [1.165, 1.54) is 42.5 Å². The van der Waals surface area contributed by atoms with Crippen LogP contribution in [-0.2, 0) is 6.54 Å². The SMILES string of the molecule is Cc1c([C@@H](C)NCc2cccc(OC3CCCC3)c2)cnn1-c1ccccc1. The van der Waals surface area contributed by atoms with Gasteiger partial charge in [0.25, 0.3) is 0 Å². The number of nitrogens with zero attached hydrogens (tertiary/aromatic N) is 2. The molecule has 1 atom stereocenters. The van der Waals surface area contributed by atoms with Crippen molar-refractivity contribution in [3.63, 3.8) is 0 Å². The van der Waals surface area contributed by atoms with E-state index in [-0.39, 0.29) is 6.04 Å². The number of para-hydroxylation sites is 1. The minimum absolute atomic E-state index is 0.219. The van der Waals surface area contributed by atoms with Crippen molar-refractivity contribution in [1.82, 2.24) is 15.1 Å². The number of hydrogen-bond donors (Lipinski definition) is 1. The summed E-state index contributed by atoms with van der Waals surface area (Å²) < 4.78 is 8.14. The lowest BCUT2D eigenvalue weighted by Crippen LogP contribution is -2.19. The normalized spacial score (nSPS) is 15.6. The Kier molecular flexibility index (Phi) is 5.77. The smallest absolute Gasteiger partial charge is 0.120 e. The molecule has 1 heterocycles. The molecule has 1 aliphatic rings. The van der Waals surface area contributed by atoms with Crippen LogP contribution in [0.5, 0.6) is 5.75 Å². The Labute approximate surface area is 167 Å². The fourth-order valence-electron chi connectivity index (χ4n) is 3.99. The van der Waals surface area contributed by atoms with Crippen LogP contribution in [0.1, 0.15) is 55.5 Å². The first-order chi connectivity index (χ1) is 13.7. The third-order valence-electron chi connectivity index (χ3n) is 5.63. The van der Waals surface area contributed by atoms with Gasteiger partial charge in [-0.05, 0) is 69.4 Å². The number of hydrogen-bond acceptors (Lipinski definition) is 3. The van der Waals surface area contributed by atoms with Gasteiger partial charge in [0.2, 0.25) is 0 Å². The topological polar surface area (TPSA) is 39.1 Å². The molecule has 3 aromatic rings. The number of nitrogens with one attached hydrogen (secondary N) is 1. The molecule has 146 valence electrons. The van der Waals surface area contributed by atoms with Gasteiger partial charge < -0.3 is 10.1 Å². The van der Waals surface area contributed by atoms with E-state index in [4.69, 9.17) is 4.74 Å². The third-order valence-corrected chi connectivity index (χ3v) is 5.63. The van der Waals surface area contributed by atoms with Crippen LogP contribution in [0.4, 0.5) is 0 Å². The van der Waals surface area contributed by atoms with Gasteiger partial charge in [-0.25, -0.2) is 4.68 Å². The van der Waals surface area contributed by atoms with Gasteiger partial charge >= 0.3 is 0 Å². The van der Waals surface area contributed by atoms with Crippen LogP contribution < -0.4 is 10.1 Å². The Morgan fingerprint density at radius 1 is 1.11 bits per heavy atom. The second-order valence-corrected chi connectivity index (χ2v) is 7.71. The van der Waals surface area contributed by atoms with Crippen LogP contribution in [-0.4, -0.2) is 15.9 Å². The van der Waals surface area contributed by atoms with Crippen LogP contribution in [0, 0.1) is 6.92 Å². The molecule has 0 radical (unpaired) electrons. The largest absolute Gasteiger partial charge is 0.490 e. The van der Waals surface area contributed by atoms with Crippen LogP contribution in [0.25, 0.3) is 5.69 Å². The highest BCUT2D eigenvalue weighted by molar-refractivity contribution is 5.35. The molecule has 4 nitrogen and oxygen atoms in total. The average Bonchev–Trinajstić information content (AvgIpc) is 3.37. The van der Waals surface area contributed by atoms with Gasteiger partial charge in [0.15, 0.2) is 0 Å². The molecule has 1 N–H and O–H groups in total. The maximum absolute atomic E-state index is 6.14. The Morgan fingerprint density at radius 3 is 2.68 bits per heavy atom. The number of rotatable bonds is 7. The standard InChI is InChI=1S/C24H29N3O/c1-18(24-17-26-27(19(24)2)21-10-4-3-5-11-21)25-16-20-9-8-14-23(15-20)28-22-12-6-7-13-22/h3-5,8-11,14-15,17-18,22,25H,6-7,12-13,16H2,1-2H3/t18-/m1/s1. The minimum atomic E-state index is 0.219. The van der Waals surface area contributed by atoms with E-state index in [9.17, 15) is 0 Å². The zero-order valence-electron chi connectivity index (χ0n) is 16.8. The molecule has 4 rings (SSSR count). The molecule has 0 bridgehead atoms. The first kappa shape index (κ1) is 18.8. The van der Waals surface area contributed by atoms with Crippen LogP contribution in [0.15, 0.2) is 60.8 Å². The summed E-state index contributed by atoms with van der Waals surface area (Å²) in [6.45, 7) is 5.13. The van der Waals surface area contributed by atoms with Gasteiger partial charge in [-0.2, -0.15) is 5.10 Å². The van der Waals surface area contributed by atoms with E-state index >= 15 is 0 Å². The predicted molar refractivity (Wildman–Crippen MR) is 113 cm³/mol. The van der Waals surface area contributed by atoms with Crippen molar-refractivity contribution < 1.29 is 4.74 Å². The van der Waals surface area contributed by atoms with E-state index in [2.05, 4.69) is 60.7 Å². The monoisotopic (exact) mass is 375 g/mol. The summed E-state index contributed by atoms with van der Waals surface area (Å²) >= 11 is 0. The number of ether oxygens (including phenoxy) is 1. The van der Waals surface area contributed by atoms with Crippen LogP contribution >= 0.6 is 0 Å². The molecule has 4 heteroatoms. The summed E-state index contributed by atoms with van der Waals surface area (Å²) in [5.74, 6) is 0.993. The van der Waals surface area contributed by atoms with Gasteiger partial charge in [-0.15, -0.1) is 0 Å². The zero-order chi connectivity index (χ0) is 19.3. The van der Waals surface area contributed by atoms with Crippen molar-refractivity contribution in [3.05, 3.63) is 77.6 Å². The number of aromatic nitrogens is 2. The summed E-state index contributed by atoms with van der Waals surface area (Å²) in [5, 5.41) is 8.22. The van der Waals surface area contributed by atoms with Gasteiger partial charge in [-0.3, -0.25) is 0 Å². The Balaban J connectivity index is 1.39. The van der Waals surface area contributed by atoms with Gasteiger partial charge in [0.05, 0.1) is 18.0 Å². The third kappa shape index (κ3) is 4.28. The predicted octanol–water partition coefficient (Wildman–Crippen LogP) is 5.35. The van der Waals surface area contributed by atoms with E-state index in [1.54, 1.807) is 0 Å². The first-order valence-electron chi connectivity index (χ1n) is 10.3. The lowest BCUT2D eigenvalue weighted by molar-refractivity contribution is 0.210. The second kappa shape index (κ2) is 8.61. The molecule has 28 heavy (non-hydrogen) atoms. The van der Waals surface area contributed by atoms with Crippen molar-refractivity contribution >= 4 is 0 Å². The van der Waals surface area contributed by atoms with Crippen LogP contribution in [0.3, 0.4) is 0 Å². The molecular formula is C24H29N3O. The van der Waals surface area contributed by atoms with Gasteiger partial charge in [0, 0.05) is 23.8 Å². The Morgan fingerprint density at radius 2 is 1.89 bits per heavy atom. The quantitative estimate of drug-likeness (QED) is 0.605. The Bertz CT molecular complexity index is 897. The van der Waals surface area contributed by atoms with E-state index < -0.39 is 0 Å². The highest BCUT2D eigenvalue weighted by atomic mass is 16.5. The molecule has 1 aliphatic carbocycles. The molecule has 1 saturated carbocycles. The molecule has 2 aromatic carbocycles. The molecule has 1 aromatic heterocycles. The molecule has 0 aliphatic heterocycles. The van der Waals surface area contributed by atoms with Crippen molar-refractivity contribution in [3.8, 4) is 11.4 Å². The fourth-order valence-corrected chi connectivity index (χ4v) is 3.99. The van der Waals surface area contributed by atoms with E-state index in [0.29, 0.717) is 6.10 Å². The molecule has 0 amide bonds. The van der Waals surface area contributed by atoms with Crippen molar-refractivity contribution in [2.75, 3.05) is 0 Å². The van der Waals surface area contributed by atoms with E-state index in [0.717, 1.165) is 18.0 Å². The van der Waals surface area contributed by atoms with Crippen molar-refractivity contribution in [1.29, 1.82) is 0 Å². The summed E-state index contributed by atoms with van der Waals surface area (Å²) in [4.78, 5) is 0. The zero-order valence-corrected chi connectivity index (χ0v) is 16.8. The highest BCUT2D eigenvalue weighted by Gasteiger charge is 2.17. The summed E-state index contributed by atoms with van der Waals surface area (Å²) in [6.07, 6.45) is 7.32. The molecule has 0 unspecified atom stereocenters. The van der Waals surface area contributed by atoms with E-state index in [1.807, 2.05) is 29.1 Å². The summed E-state index contributed by atoms with van der Waals surface area (Å²) in [5.41, 5.74) is 4.73. The van der Waals surface area contributed by atoms with Crippen molar-refractivity contribution in [2.45, 2.75) is 58.2 Å².